The van der Waals surface area contributed by atoms with Gasteiger partial charge in [-0.1, -0.05) is 19.8 Å². The van der Waals surface area contributed by atoms with Gasteiger partial charge in [0.2, 0.25) is 0 Å². The number of carboxylic acid groups (broad SMARTS) is 1. The second-order valence-corrected chi connectivity index (χ2v) is 6.50. The van der Waals surface area contributed by atoms with Crippen molar-refractivity contribution in [2.24, 2.45) is 5.92 Å². The molecule has 0 aromatic rings. The van der Waals surface area contributed by atoms with Crippen molar-refractivity contribution in [3.05, 3.63) is 0 Å². The van der Waals surface area contributed by atoms with Gasteiger partial charge in [0.1, 0.15) is 5.54 Å². The Labute approximate surface area is 125 Å². The fourth-order valence-electron chi connectivity index (χ4n) is 3.38. The van der Waals surface area contributed by atoms with Gasteiger partial charge < -0.3 is 20.1 Å². The van der Waals surface area contributed by atoms with Crippen molar-refractivity contribution in [1.82, 2.24) is 10.2 Å². The number of carbonyl (C=O) groups excluding carboxylic acids is 1. The Morgan fingerprint density at radius 1 is 1.33 bits per heavy atom. The van der Waals surface area contributed by atoms with Gasteiger partial charge >= 0.3 is 12.0 Å². The Morgan fingerprint density at radius 3 is 2.76 bits per heavy atom. The van der Waals surface area contributed by atoms with Gasteiger partial charge in [0.05, 0.1) is 6.10 Å². The molecule has 3 unspecified atom stereocenters. The molecule has 1 aliphatic carbocycles. The van der Waals surface area contributed by atoms with Crippen LogP contribution >= 0.6 is 0 Å². The van der Waals surface area contributed by atoms with Crippen molar-refractivity contribution in [1.29, 1.82) is 0 Å². The zero-order valence-corrected chi connectivity index (χ0v) is 12.9. The number of nitrogens with one attached hydrogen (secondary N) is 1. The average Bonchev–Trinajstić information content (AvgIpc) is 2.63. The molecule has 2 rings (SSSR count). The number of nitrogens with zero attached hydrogens (tertiary/aromatic N) is 1. The van der Waals surface area contributed by atoms with Crippen molar-refractivity contribution in [3.63, 3.8) is 0 Å². The first kappa shape index (κ1) is 16.1. The molecule has 0 bridgehead atoms. The van der Waals surface area contributed by atoms with E-state index >= 15 is 0 Å². The maximum absolute atomic E-state index is 12.5. The maximum Gasteiger partial charge on any atom is 0.329 e. The van der Waals surface area contributed by atoms with Gasteiger partial charge in [-0.3, -0.25) is 0 Å². The number of hydrogen-bond donors (Lipinski definition) is 2. The van der Waals surface area contributed by atoms with Crippen molar-refractivity contribution >= 4 is 12.0 Å². The monoisotopic (exact) mass is 298 g/mol. The van der Waals surface area contributed by atoms with Crippen LogP contribution in [0.1, 0.15) is 46.0 Å². The lowest BCUT2D eigenvalue weighted by atomic mass is 9.76. The van der Waals surface area contributed by atoms with Crippen LogP contribution in [-0.2, 0) is 9.53 Å². The molecule has 2 fully saturated rings. The summed E-state index contributed by atoms with van der Waals surface area (Å²) < 4.78 is 5.52. The minimum Gasteiger partial charge on any atom is -0.480 e. The smallest absolute Gasteiger partial charge is 0.329 e. The van der Waals surface area contributed by atoms with Crippen molar-refractivity contribution < 1.29 is 19.4 Å². The van der Waals surface area contributed by atoms with Crippen LogP contribution in [0.5, 0.6) is 0 Å². The standard InChI is InChI=1S/C15H26N2O4/c1-11-5-3-6-15(9-11,13(18)19)16-14(20)17-7-4-8-21-12(2)10-17/h11-12H,3-10H2,1-2H3,(H,16,20)(H,18,19). The largest absolute Gasteiger partial charge is 0.480 e. The van der Waals surface area contributed by atoms with E-state index in [0.717, 1.165) is 19.3 Å². The molecular formula is C15H26N2O4. The highest BCUT2D eigenvalue weighted by molar-refractivity contribution is 5.86. The Morgan fingerprint density at radius 2 is 2.10 bits per heavy atom. The average molecular weight is 298 g/mol. The topological polar surface area (TPSA) is 78.9 Å². The summed E-state index contributed by atoms with van der Waals surface area (Å²) in [4.78, 5) is 25.9. The third kappa shape index (κ3) is 3.87. The molecule has 21 heavy (non-hydrogen) atoms. The summed E-state index contributed by atoms with van der Waals surface area (Å²) in [5, 5.41) is 12.4. The van der Waals surface area contributed by atoms with Crippen molar-refractivity contribution in [2.75, 3.05) is 19.7 Å². The van der Waals surface area contributed by atoms with Crippen molar-refractivity contribution in [2.45, 2.75) is 57.6 Å². The van der Waals surface area contributed by atoms with Crippen molar-refractivity contribution in [3.8, 4) is 0 Å². The number of urea groups is 1. The number of amides is 2. The molecule has 1 heterocycles. The van der Waals surface area contributed by atoms with E-state index in [1.165, 1.54) is 0 Å². The fourth-order valence-corrected chi connectivity index (χ4v) is 3.38. The van der Waals surface area contributed by atoms with Crippen LogP contribution in [-0.4, -0.2) is 53.3 Å². The van der Waals surface area contributed by atoms with Crippen LogP contribution in [0.15, 0.2) is 0 Å². The number of carbonyl (C=O) groups is 2. The lowest BCUT2D eigenvalue weighted by molar-refractivity contribution is -0.146. The third-order valence-electron chi connectivity index (χ3n) is 4.49. The van der Waals surface area contributed by atoms with Gasteiger partial charge in [-0.25, -0.2) is 9.59 Å². The quantitative estimate of drug-likeness (QED) is 0.815. The van der Waals surface area contributed by atoms with Gasteiger partial charge in [-0.05, 0) is 32.1 Å². The number of carboxylic acids is 1. The second kappa shape index (κ2) is 6.64. The summed E-state index contributed by atoms with van der Waals surface area (Å²) in [6, 6.07) is -0.274. The second-order valence-electron chi connectivity index (χ2n) is 6.50. The molecule has 3 atom stereocenters. The summed E-state index contributed by atoms with van der Waals surface area (Å²) >= 11 is 0. The molecule has 120 valence electrons. The molecule has 6 heteroatoms. The molecule has 1 aliphatic heterocycles. The van der Waals surface area contributed by atoms with E-state index < -0.39 is 11.5 Å². The summed E-state index contributed by atoms with van der Waals surface area (Å²) in [6.07, 6.45) is 3.66. The van der Waals surface area contributed by atoms with Crippen LogP contribution in [0, 0.1) is 5.92 Å². The summed E-state index contributed by atoms with van der Waals surface area (Å²) in [7, 11) is 0. The molecule has 0 spiro atoms. The number of rotatable bonds is 2. The molecule has 2 N–H and O–H groups in total. The lowest BCUT2D eigenvalue weighted by Crippen LogP contribution is -2.60. The van der Waals surface area contributed by atoms with Gasteiger partial charge in [0, 0.05) is 19.7 Å². The predicted octanol–water partition coefficient (Wildman–Crippen LogP) is 1.84. The molecule has 0 aromatic carbocycles. The Balaban J connectivity index is 2.05. The van der Waals surface area contributed by atoms with E-state index in [1.54, 1.807) is 4.90 Å². The molecule has 6 nitrogen and oxygen atoms in total. The molecule has 1 saturated heterocycles. The minimum absolute atomic E-state index is 0.00990. The Bertz CT molecular complexity index is 401. The summed E-state index contributed by atoms with van der Waals surface area (Å²) in [5.74, 6) is -0.594. The maximum atomic E-state index is 12.5. The SMILES string of the molecule is CC1CCCC(NC(=O)N2CCCOC(C)C2)(C(=O)O)C1. The summed E-state index contributed by atoms with van der Waals surface area (Å²) in [5.41, 5.74) is -1.11. The van der Waals surface area contributed by atoms with Crippen LogP contribution in [0.3, 0.4) is 0 Å². The van der Waals surface area contributed by atoms with E-state index in [-0.39, 0.29) is 12.1 Å². The van der Waals surface area contributed by atoms with Crippen LogP contribution in [0.4, 0.5) is 4.79 Å². The van der Waals surface area contributed by atoms with E-state index in [9.17, 15) is 14.7 Å². The lowest BCUT2D eigenvalue weighted by Gasteiger charge is -2.38. The first-order chi connectivity index (χ1) is 9.93. The van der Waals surface area contributed by atoms with E-state index in [2.05, 4.69) is 5.32 Å². The summed E-state index contributed by atoms with van der Waals surface area (Å²) in [6.45, 7) is 5.75. The van der Waals surface area contributed by atoms with Gasteiger partial charge in [-0.2, -0.15) is 0 Å². The first-order valence-corrected chi connectivity index (χ1v) is 7.85. The van der Waals surface area contributed by atoms with Crippen LogP contribution in [0.2, 0.25) is 0 Å². The highest BCUT2D eigenvalue weighted by atomic mass is 16.5. The fraction of sp³-hybridized carbons (Fsp3) is 0.867. The van der Waals surface area contributed by atoms with E-state index in [4.69, 9.17) is 4.74 Å². The van der Waals surface area contributed by atoms with Gasteiger partial charge in [0.25, 0.3) is 0 Å². The molecule has 2 aliphatic rings. The Hall–Kier alpha value is -1.30. The predicted molar refractivity (Wildman–Crippen MR) is 78.1 cm³/mol. The minimum atomic E-state index is -1.11. The van der Waals surface area contributed by atoms with Gasteiger partial charge in [-0.15, -0.1) is 0 Å². The first-order valence-electron chi connectivity index (χ1n) is 7.85. The number of hydrogen-bond acceptors (Lipinski definition) is 3. The third-order valence-corrected chi connectivity index (χ3v) is 4.49. The normalized spacial score (nSPS) is 34.1. The van der Waals surface area contributed by atoms with E-state index in [0.29, 0.717) is 38.5 Å². The van der Waals surface area contributed by atoms with Crippen LogP contribution < -0.4 is 5.32 Å². The Kier molecular flexibility index (Phi) is 5.08. The zero-order chi connectivity index (χ0) is 15.5. The molecule has 0 radical (unpaired) electrons. The highest BCUT2D eigenvalue weighted by Gasteiger charge is 2.44. The van der Waals surface area contributed by atoms with E-state index in [1.807, 2.05) is 13.8 Å². The molecule has 1 saturated carbocycles. The van der Waals surface area contributed by atoms with Gasteiger partial charge in [0.15, 0.2) is 0 Å². The molecular weight excluding hydrogens is 272 g/mol. The van der Waals surface area contributed by atoms with Crippen LogP contribution in [0.25, 0.3) is 0 Å². The molecule has 2 amide bonds. The molecule has 0 aromatic heterocycles. The zero-order valence-electron chi connectivity index (χ0n) is 12.9. The number of ether oxygens (including phenoxy) is 1. The highest BCUT2D eigenvalue weighted by Crippen LogP contribution is 2.32. The number of aliphatic carboxylic acids is 1.